The number of aryl methyl sites for hydroxylation is 3. The third kappa shape index (κ3) is 6.81. The van der Waals surface area contributed by atoms with Crippen molar-refractivity contribution in [3.63, 3.8) is 0 Å². The summed E-state index contributed by atoms with van der Waals surface area (Å²) in [5, 5.41) is 29.3. The second-order valence-electron chi connectivity index (χ2n) is 9.07. The number of rotatable bonds is 10. The largest absolute Gasteiger partial charge is 0.489 e. The van der Waals surface area contributed by atoms with E-state index in [2.05, 4.69) is 0 Å². The van der Waals surface area contributed by atoms with Crippen LogP contribution in [0.2, 0.25) is 5.02 Å². The van der Waals surface area contributed by atoms with Crippen molar-refractivity contribution >= 4 is 17.6 Å². The van der Waals surface area contributed by atoms with Crippen LogP contribution in [0.1, 0.15) is 52.1 Å². The molecule has 0 saturated heterocycles. The number of ether oxygens (including phenoxy) is 1. The van der Waals surface area contributed by atoms with Gasteiger partial charge in [0.25, 0.3) is 0 Å². The van der Waals surface area contributed by atoms with Gasteiger partial charge in [-0.05, 0) is 66.8 Å². The number of carboxylic acid groups (broad SMARTS) is 1. The van der Waals surface area contributed by atoms with E-state index in [9.17, 15) is 23.8 Å². The van der Waals surface area contributed by atoms with Crippen LogP contribution in [0.25, 0.3) is 0 Å². The van der Waals surface area contributed by atoms with Crippen molar-refractivity contribution < 1.29 is 33.6 Å². The number of halogens is 3. The Labute approximate surface area is 213 Å². The normalized spacial score (nSPS) is 13.0. The average molecular weight is 519 g/mol. The van der Waals surface area contributed by atoms with Crippen LogP contribution in [0, 0.1) is 32.4 Å². The minimum absolute atomic E-state index is 0.192. The first-order chi connectivity index (χ1) is 17.0. The van der Waals surface area contributed by atoms with Crippen molar-refractivity contribution in [3.8, 4) is 5.75 Å². The van der Waals surface area contributed by atoms with Crippen LogP contribution < -0.4 is 4.74 Å². The summed E-state index contributed by atoms with van der Waals surface area (Å²) in [4.78, 5) is 10.8. The number of benzene rings is 3. The highest BCUT2D eigenvalue weighted by Gasteiger charge is 2.25. The summed E-state index contributed by atoms with van der Waals surface area (Å²) in [5.41, 5.74) is 3.84. The third-order valence-corrected chi connectivity index (χ3v) is 6.21. The molecule has 0 heterocycles. The number of aliphatic carboxylic acids is 1. The molecule has 0 aliphatic heterocycles. The van der Waals surface area contributed by atoms with Gasteiger partial charge in [0.1, 0.15) is 24.0 Å². The van der Waals surface area contributed by atoms with Crippen molar-refractivity contribution in [3.05, 3.63) is 98.6 Å². The predicted molar refractivity (Wildman–Crippen MR) is 134 cm³/mol. The van der Waals surface area contributed by atoms with E-state index in [1.165, 1.54) is 12.1 Å². The first-order valence-corrected chi connectivity index (χ1v) is 11.9. The second kappa shape index (κ2) is 11.8. The standard InChI is InChI=1S/C28H29ClF2O5/c1-15-8-22(28(23(29)9-15)36-14-21(33)12-20(32)13-26(34)35)27(18-4-6-24(30)16(2)10-18)19-5-7-25(31)17(3)11-19/h4-11,20-21,27,32-33H,12-14H2,1-3H3,(H,34,35)/t20-,21+/m1/s1. The fraction of sp³-hybridized carbons (Fsp3) is 0.321. The molecule has 3 rings (SSSR count). The number of carbonyl (C=O) groups is 1. The van der Waals surface area contributed by atoms with E-state index in [0.717, 1.165) is 16.7 Å². The Kier molecular flexibility index (Phi) is 9.06. The van der Waals surface area contributed by atoms with E-state index in [4.69, 9.17) is 21.4 Å². The zero-order valence-electron chi connectivity index (χ0n) is 20.3. The van der Waals surface area contributed by atoms with Crippen molar-refractivity contribution in [2.24, 2.45) is 0 Å². The quantitative estimate of drug-likeness (QED) is 0.300. The van der Waals surface area contributed by atoms with Crippen molar-refractivity contribution in [1.29, 1.82) is 0 Å². The average Bonchev–Trinajstić information content (AvgIpc) is 2.77. The number of carboxylic acids is 1. The predicted octanol–water partition coefficient (Wildman–Crippen LogP) is 5.69. The number of aliphatic hydroxyl groups is 2. The number of hydrogen-bond donors (Lipinski definition) is 3. The maximum absolute atomic E-state index is 14.1. The summed E-state index contributed by atoms with van der Waals surface area (Å²) in [6, 6.07) is 13.1. The van der Waals surface area contributed by atoms with Crippen LogP contribution in [-0.2, 0) is 4.79 Å². The van der Waals surface area contributed by atoms with Gasteiger partial charge in [0.2, 0.25) is 0 Å². The van der Waals surface area contributed by atoms with Crippen molar-refractivity contribution in [1.82, 2.24) is 0 Å². The van der Waals surface area contributed by atoms with Crippen molar-refractivity contribution in [2.75, 3.05) is 6.61 Å². The van der Waals surface area contributed by atoms with Crippen LogP contribution in [0.3, 0.4) is 0 Å². The van der Waals surface area contributed by atoms with Gasteiger partial charge in [-0.2, -0.15) is 0 Å². The van der Waals surface area contributed by atoms with Crippen LogP contribution in [0.5, 0.6) is 5.75 Å². The molecule has 3 N–H and O–H groups in total. The van der Waals surface area contributed by atoms with E-state index in [-0.39, 0.29) is 35.4 Å². The van der Waals surface area contributed by atoms with Crippen LogP contribution in [0.15, 0.2) is 48.5 Å². The molecule has 0 radical (unpaired) electrons. The Morgan fingerprint density at radius 1 is 0.917 bits per heavy atom. The van der Waals surface area contributed by atoms with Gasteiger partial charge in [-0.15, -0.1) is 0 Å². The highest BCUT2D eigenvalue weighted by molar-refractivity contribution is 6.32. The molecule has 2 atom stereocenters. The van der Waals surface area contributed by atoms with E-state index in [0.29, 0.717) is 16.7 Å². The minimum Gasteiger partial charge on any atom is -0.489 e. The minimum atomic E-state index is -1.23. The molecule has 0 amide bonds. The molecule has 0 aliphatic carbocycles. The molecular formula is C28H29ClF2O5. The molecule has 3 aromatic rings. The Morgan fingerprint density at radius 2 is 1.47 bits per heavy atom. The zero-order chi connectivity index (χ0) is 26.6. The van der Waals surface area contributed by atoms with Gasteiger partial charge in [-0.1, -0.05) is 41.9 Å². The molecule has 0 aliphatic rings. The zero-order valence-corrected chi connectivity index (χ0v) is 21.0. The second-order valence-corrected chi connectivity index (χ2v) is 9.47. The summed E-state index contributed by atoms with van der Waals surface area (Å²) in [7, 11) is 0. The molecule has 0 spiro atoms. The third-order valence-electron chi connectivity index (χ3n) is 5.93. The Bertz CT molecular complexity index is 1200. The molecule has 0 fully saturated rings. The molecule has 3 aromatic carbocycles. The summed E-state index contributed by atoms with van der Waals surface area (Å²) in [6.45, 7) is 4.93. The number of aliphatic hydroxyl groups excluding tert-OH is 2. The lowest BCUT2D eigenvalue weighted by Gasteiger charge is -2.25. The topological polar surface area (TPSA) is 87.0 Å². The van der Waals surface area contributed by atoms with Crippen LogP contribution >= 0.6 is 11.6 Å². The molecular weight excluding hydrogens is 490 g/mol. The molecule has 36 heavy (non-hydrogen) atoms. The molecule has 0 aromatic heterocycles. The van der Waals surface area contributed by atoms with Gasteiger partial charge in [0.05, 0.1) is 23.7 Å². The SMILES string of the molecule is Cc1cc(Cl)c(OC[C@@H](O)C[C@@H](O)CC(=O)O)c(C(c2ccc(F)c(C)c2)c2ccc(F)c(C)c2)c1. The molecule has 192 valence electrons. The highest BCUT2D eigenvalue weighted by Crippen LogP contribution is 2.42. The van der Waals surface area contributed by atoms with Gasteiger partial charge in [0, 0.05) is 17.9 Å². The maximum atomic E-state index is 14.1. The highest BCUT2D eigenvalue weighted by atomic mass is 35.5. The summed E-state index contributed by atoms with van der Waals surface area (Å²) in [5.74, 6) is -2.09. The Morgan fingerprint density at radius 3 is 1.97 bits per heavy atom. The molecule has 5 nitrogen and oxygen atoms in total. The smallest absolute Gasteiger partial charge is 0.305 e. The Hall–Kier alpha value is -3.00. The first-order valence-electron chi connectivity index (χ1n) is 11.5. The van der Waals surface area contributed by atoms with Gasteiger partial charge in [-0.25, -0.2) is 8.78 Å². The monoisotopic (exact) mass is 518 g/mol. The lowest BCUT2D eigenvalue weighted by Crippen LogP contribution is -2.26. The van der Waals surface area contributed by atoms with Gasteiger partial charge in [-0.3, -0.25) is 4.79 Å². The Balaban J connectivity index is 2.06. The van der Waals surface area contributed by atoms with Gasteiger partial charge in [0.15, 0.2) is 0 Å². The lowest BCUT2D eigenvalue weighted by atomic mass is 9.83. The van der Waals surface area contributed by atoms with E-state index >= 15 is 0 Å². The van der Waals surface area contributed by atoms with E-state index in [1.54, 1.807) is 44.2 Å². The number of hydrogen-bond acceptors (Lipinski definition) is 4. The van der Waals surface area contributed by atoms with Crippen LogP contribution in [0.4, 0.5) is 8.78 Å². The summed E-state index contributed by atoms with van der Waals surface area (Å²) < 4.78 is 34.1. The van der Waals surface area contributed by atoms with E-state index in [1.807, 2.05) is 13.0 Å². The van der Waals surface area contributed by atoms with Crippen LogP contribution in [-0.4, -0.2) is 40.1 Å². The fourth-order valence-corrected chi connectivity index (χ4v) is 4.55. The molecule has 0 saturated carbocycles. The molecule has 8 heteroatoms. The molecule has 0 bridgehead atoms. The summed E-state index contributed by atoms with van der Waals surface area (Å²) in [6.07, 6.45) is -3.07. The van der Waals surface area contributed by atoms with Gasteiger partial charge < -0.3 is 20.1 Å². The maximum Gasteiger partial charge on any atom is 0.305 e. The van der Waals surface area contributed by atoms with Gasteiger partial charge >= 0.3 is 5.97 Å². The fourth-order valence-electron chi connectivity index (χ4n) is 4.22. The molecule has 0 unspecified atom stereocenters. The first kappa shape index (κ1) is 27.6. The lowest BCUT2D eigenvalue weighted by molar-refractivity contribution is -0.139. The van der Waals surface area contributed by atoms with Crippen molar-refractivity contribution in [2.45, 2.75) is 51.7 Å². The summed E-state index contributed by atoms with van der Waals surface area (Å²) >= 11 is 6.57. The van der Waals surface area contributed by atoms with E-state index < -0.39 is 30.5 Å².